The lowest BCUT2D eigenvalue weighted by atomic mass is 9.82. The largest absolute Gasteiger partial charge is 0.506 e. The Morgan fingerprint density at radius 2 is 1.95 bits per heavy atom. The molecule has 10 nitrogen and oxygen atoms in total. The van der Waals surface area contributed by atoms with Crippen molar-refractivity contribution in [1.82, 2.24) is 0 Å². The Morgan fingerprint density at radius 1 is 1.24 bits per heavy atom. The summed E-state index contributed by atoms with van der Waals surface area (Å²) >= 11 is 0. The quantitative estimate of drug-likeness (QED) is 0.112. The average Bonchev–Trinajstić information content (AvgIpc) is 2.94. The van der Waals surface area contributed by atoms with Gasteiger partial charge in [-0.1, -0.05) is 44.2 Å². The highest BCUT2D eigenvalue weighted by Crippen LogP contribution is 2.42. The van der Waals surface area contributed by atoms with E-state index in [9.17, 15) is 35.0 Å². The molecule has 1 aromatic rings. The number of aromatic hydroxyl groups is 2. The number of benzene rings is 1. The van der Waals surface area contributed by atoms with Crippen molar-refractivity contribution in [2.45, 2.75) is 52.7 Å². The minimum absolute atomic E-state index is 0.0119. The third-order valence-corrected chi connectivity index (χ3v) is 7.13. The minimum atomic E-state index is -1.09. The number of phenolic OH excluding ortho intramolecular Hbond substituents is 2. The highest BCUT2D eigenvalue weighted by molar-refractivity contribution is 6.04. The van der Waals surface area contributed by atoms with Crippen LogP contribution in [0, 0.1) is 35.2 Å². The van der Waals surface area contributed by atoms with Crippen LogP contribution >= 0.6 is 0 Å². The molecule has 1 aliphatic rings. The fourth-order valence-electron chi connectivity index (χ4n) is 4.92. The number of phenols is 2. The number of hydrogen-bond acceptors (Lipinski definition) is 9. The molecule has 2 bridgehead atoms. The van der Waals surface area contributed by atoms with E-state index in [2.05, 4.69) is 17.2 Å². The van der Waals surface area contributed by atoms with Gasteiger partial charge in [0.2, 0.25) is 0 Å². The van der Waals surface area contributed by atoms with E-state index in [0.717, 1.165) is 0 Å². The second-order valence-corrected chi connectivity index (χ2v) is 10.5. The van der Waals surface area contributed by atoms with E-state index in [4.69, 9.17) is 4.74 Å². The fraction of sp³-hybridized carbons (Fsp3) is 0.419. The zero-order chi connectivity index (χ0) is 30.7. The predicted molar refractivity (Wildman–Crippen MR) is 156 cm³/mol. The maximum absolute atomic E-state index is 12.9. The highest BCUT2D eigenvalue weighted by atomic mass is 16.5. The van der Waals surface area contributed by atoms with Gasteiger partial charge in [0.15, 0.2) is 0 Å². The smallest absolute Gasteiger partial charge is 0.286 e. The van der Waals surface area contributed by atoms with Gasteiger partial charge in [0, 0.05) is 35.6 Å². The van der Waals surface area contributed by atoms with E-state index < -0.39 is 35.9 Å². The van der Waals surface area contributed by atoms with Gasteiger partial charge < -0.3 is 40.3 Å². The first kappa shape index (κ1) is 32.8. The molecular weight excluding hydrogens is 526 g/mol. The summed E-state index contributed by atoms with van der Waals surface area (Å²) in [6, 6.07) is 1.23. The molecule has 0 aliphatic carbocycles. The number of rotatable bonds is 6. The first-order valence-corrected chi connectivity index (χ1v) is 13.4. The SMILES string of the molecule is C=CCNc1c(O)cc2c(O)c1CC(C)CC(C=O)C(O)C(C)C=C(C)C(OC#N)C(C=O)C=CC=C(C)C(=O)N2. The van der Waals surface area contributed by atoms with E-state index in [1.807, 2.05) is 6.92 Å². The number of anilines is 2. The van der Waals surface area contributed by atoms with Crippen molar-refractivity contribution < 1.29 is 34.4 Å². The van der Waals surface area contributed by atoms with Crippen LogP contribution in [-0.2, 0) is 25.5 Å². The molecule has 1 aliphatic heterocycles. The van der Waals surface area contributed by atoms with Gasteiger partial charge in [-0.3, -0.25) is 4.79 Å². The molecule has 6 unspecified atom stereocenters. The molecule has 10 heteroatoms. The van der Waals surface area contributed by atoms with E-state index >= 15 is 0 Å². The maximum Gasteiger partial charge on any atom is 0.286 e. The van der Waals surface area contributed by atoms with Crippen LogP contribution in [0.25, 0.3) is 0 Å². The van der Waals surface area contributed by atoms with Gasteiger partial charge in [0.05, 0.1) is 23.4 Å². The zero-order valence-corrected chi connectivity index (χ0v) is 23.8. The molecule has 2 rings (SSSR count). The Hall–Kier alpha value is -4.36. The Bertz CT molecular complexity index is 1260. The number of hydrogen-bond donors (Lipinski definition) is 5. The third kappa shape index (κ3) is 8.56. The molecule has 1 aromatic carbocycles. The molecule has 220 valence electrons. The number of carbonyl (C=O) groups is 3. The van der Waals surface area contributed by atoms with Gasteiger partial charge in [0.1, 0.15) is 30.2 Å². The second-order valence-electron chi connectivity index (χ2n) is 10.5. The van der Waals surface area contributed by atoms with Gasteiger partial charge >= 0.3 is 0 Å². The molecule has 0 radical (unpaired) electrons. The van der Waals surface area contributed by atoms with Gasteiger partial charge in [-0.2, -0.15) is 5.26 Å². The summed E-state index contributed by atoms with van der Waals surface area (Å²) in [6.45, 7) is 10.7. The van der Waals surface area contributed by atoms with Crippen molar-refractivity contribution in [3.8, 4) is 17.8 Å². The van der Waals surface area contributed by atoms with Crippen molar-refractivity contribution in [3.05, 3.63) is 59.7 Å². The van der Waals surface area contributed by atoms with Crippen LogP contribution in [0.5, 0.6) is 11.5 Å². The summed E-state index contributed by atoms with van der Waals surface area (Å²) in [5, 5.41) is 47.8. The van der Waals surface area contributed by atoms with E-state index in [-0.39, 0.29) is 47.2 Å². The molecule has 0 aromatic heterocycles. The number of aldehydes is 2. The van der Waals surface area contributed by atoms with Crippen LogP contribution < -0.4 is 10.6 Å². The summed E-state index contributed by atoms with van der Waals surface area (Å²) in [7, 11) is 0. The van der Waals surface area contributed by atoms with Crippen molar-refractivity contribution >= 4 is 29.9 Å². The summed E-state index contributed by atoms with van der Waals surface area (Å²) in [4.78, 5) is 36.9. The molecule has 1 amide bonds. The number of fused-ring (bicyclic) bond motifs is 2. The number of carbonyl (C=O) groups excluding carboxylic acids is 3. The number of aliphatic hydroxyl groups is 1. The van der Waals surface area contributed by atoms with Crippen molar-refractivity contribution in [1.29, 1.82) is 5.26 Å². The Kier molecular flexibility index (Phi) is 12.4. The molecule has 0 fully saturated rings. The minimum Gasteiger partial charge on any atom is -0.506 e. The van der Waals surface area contributed by atoms with Crippen molar-refractivity contribution in [2.24, 2.45) is 23.7 Å². The van der Waals surface area contributed by atoms with Gasteiger partial charge in [-0.25, -0.2) is 0 Å². The van der Waals surface area contributed by atoms with Crippen LogP contribution in [0.3, 0.4) is 0 Å². The number of aliphatic hydroxyl groups excluding tert-OH is 1. The molecule has 0 saturated carbocycles. The van der Waals surface area contributed by atoms with Crippen LogP contribution in [-0.4, -0.2) is 52.6 Å². The highest BCUT2D eigenvalue weighted by Gasteiger charge is 2.29. The summed E-state index contributed by atoms with van der Waals surface area (Å²) in [5.74, 6) is -3.45. The van der Waals surface area contributed by atoms with Crippen molar-refractivity contribution in [3.63, 3.8) is 0 Å². The van der Waals surface area contributed by atoms with Gasteiger partial charge in [0.25, 0.3) is 12.2 Å². The number of nitrogens with one attached hydrogen (secondary N) is 2. The van der Waals surface area contributed by atoms with Crippen LogP contribution in [0.2, 0.25) is 0 Å². The monoisotopic (exact) mass is 565 g/mol. The molecule has 6 atom stereocenters. The predicted octanol–water partition coefficient (Wildman–Crippen LogP) is 4.16. The zero-order valence-electron chi connectivity index (χ0n) is 23.8. The number of amides is 1. The van der Waals surface area contributed by atoms with E-state index in [1.165, 1.54) is 31.2 Å². The van der Waals surface area contributed by atoms with Crippen molar-refractivity contribution in [2.75, 3.05) is 17.2 Å². The third-order valence-electron chi connectivity index (χ3n) is 7.13. The van der Waals surface area contributed by atoms with E-state index in [0.29, 0.717) is 30.3 Å². The Balaban J connectivity index is 2.67. The second kappa shape index (κ2) is 15.4. The lowest BCUT2D eigenvalue weighted by Crippen LogP contribution is -2.31. The summed E-state index contributed by atoms with van der Waals surface area (Å²) in [6.07, 6.45) is 9.02. The maximum atomic E-state index is 12.9. The molecular formula is C31H39N3O7. The topological polar surface area (TPSA) is 169 Å². The lowest BCUT2D eigenvalue weighted by Gasteiger charge is -2.27. The molecule has 41 heavy (non-hydrogen) atoms. The molecule has 0 spiro atoms. The molecule has 0 saturated heterocycles. The Morgan fingerprint density at radius 3 is 2.56 bits per heavy atom. The van der Waals surface area contributed by atoms with Crippen LogP contribution in [0.15, 0.2) is 54.2 Å². The Labute approximate surface area is 240 Å². The fourth-order valence-corrected chi connectivity index (χ4v) is 4.92. The van der Waals surface area contributed by atoms with Gasteiger partial charge in [-0.15, -0.1) is 6.58 Å². The van der Waals surface area contributed by atoms with Crippen LogP contribution in [0.1, 0.15) is 39.7 Å². The summed E-state index contributed by atoms with van der Waals surface area (Å²) in [5.41, 5.74) is 1.35. The van der Waals surface area contributed by atoms with E-state index in [1.54, 1.807) is 32.3 Å². The summed E-state index contributed by atoms with van der Waals surface area (Å²) < 4.78 is 5.19. The standard InChI is InChI=1S/C31H39N3O7/c1-6-10-33-27-24-12-18(2)11-23(16-36)28(38)20(4)13-21(5)30(41-17-32)22(15-35)9-7-8-19(3)31(40)34-25(29(24)39)14-26(27)37/h6-9,13-16,18,20,22-23,28,30,33,37-39H,1,10-12H2,2-5H3,(H,34,40). The molecule has 1 heterocycles. The molecule has 5 N–H and O–H groups in total. The average molecular weight is 566 g/mol. The normalized spacial score (nSPS) is 26.0. The number of allylic oxidation sites excluding steroid dienone is 2. The first-order valence-electron chi connectivity index (χ1n) is 13.4. The number of nitrogens with zero attached hydrogens (tertiary/aromatic N) is 1. The number of nitriles is 1. The number of ether oxygens (including phenoxy) is 1. The van der Waals surface area contributed by atoms with Crippen LogP contribution in [0.4, 0.5) is 11.4 Å². The first-order chi connectivity index (χ1) is 19.5. The lowest BCUT2D eigenvalue weighted by molar-refractivity contribution is -0.116. The van der Waals surface area contributed by atoms with Gasteiger partial charge in [-0.05, 0) is 38.2 Å².